The van der Waals surface area contributed by atoms with E-state index in [4.69, 9.17) is 4.42 Å². The quantitative estimate of drug-likeness (QED) is 0.407. The molecule has 142 valence electrons. The van der Waals surface area contributed by atoms with Gasteiger partial charge in [-0.05, 0) is 26.0 Å². The molecule has 0 radical (unpaired) electrons. The van der Waals surface area contributed by atoms with E-state index in [1.165, 1.54) is 0 Å². The number of nitrogens with zero attached hydrogens (tertiary/aromatic N) is 4. The zero-order valence-electron chi connectivity index (χ0n) is 15.4. The van der Waals surface area contributed by atoms with Crippen LogP contribution in [0.3, 0.4) is 0 Å². The SMILES string of the molecule is CN=C(NCc1nc(C)c(C)o1)N1CCN(c2ccccc2O)CC1.I. The molecule has 1 aliphatic heterocycles. The van der Waals surface area contributed by atoms with Gasteiger partial charge in [-0.1, -0.05) is 12.1 Å². The fourth-order valence-electron chi connectivity index (χ4n) is 2.99. The molecule has 1 saturated heterocycles. The molecule has 2 N–H and O–H groups in total. The molecule has 2 heterocycles. The number of hydrogen-bond acceptors (Lipinski definition) is 5. The Labute approximate surface area is 171 Å². The minimum absolute atomic E-state index is 0. The van der Waals surface area contributed by atoms with E-state index in [0.717, 1.165) is 49.3 Å². The zero-order valence-corrected chi connectivity index (χ0v) is 17.7. The number of rotatable bonds is 3. The highest BCUT2D eigenvalue weighted by Gasteiger charge is 2.21. The lowest BCUT2D eigenvalue weighted by atomic mass is 10.2. The van der Waals surface area contributed by atoms with Crippen LogP contribution in [0, 0.1) is 13.8 Å². The minimum Gasteiger partial charge on any atom is -0.506 e. The third-order valence-electron chi connectivity index (χ3n) is 4.48. The number of piperazine rings is 1. The standard InChI is InChI=1S/C18H25N5O2.HI/c1-13-14(2)25-17(21-13)12-20-18(19-3)23-10-8-22(9-11-23)15-6-4-5-7-16(15)24;/h4-7,24H,8-12H2,1-3H3,(H,19,20);1H. The number of phenols is 1. The number of benzene rings is 1. The number of aryl methyl sites for hydroxylation is 2. The molecule has 2 aromatic rings. The van der Waals surface area contributed by atoms with Crippen molar-refractivity contribution >= 4 is 35.6 Å². The lowest BCUT2D eigenvalue weighted by Gasteiger charge is -2.37. The number of aromatic nitrogens is 1. The normalized spacial score (nSPS) is 15.0. The Morgan fingerprint density at radius 2 is 1.92 bits per heavy atom. The average Bonchev–Trinajstić information content (AvgIpc) is 2.94. The Morgan fingerprint density at radius 3 is 2.50 bits per heavy atom. The van der Waals surface area contributed by atoms with Crippen molar-refractivity contribution in [2.75, 3.05) is 38.1 Å². The van der Waals surface area contributed by atoms with Crippen molar-refractivity contribution in [1.82, 2.24) is 15.2 Å². The number of aliphatic imine (C=N–C) groups is 1. The number of oxazole rings is 1. The highest BCUT2D eigenvalue weighted by molar-refractivity contribution is 14.0. The van der Waals surface area contributed by atoms with Crippen molar-refractivity contribution in [1.29, 1.82) is 0 Å². The molecule has 1 fully saturated rings. The smallest absolute Gasteiger partial charge is 0.214 e. The van der Waals surface area contributed by atoms with E-state index < -0.39 is 0 Å². The molecule has 8 heteroatoms. The summed E-state index contributed by atoms with van der Waals surface area (Å²) in [6.45, 7) is 7.69. The van der Waals surface area contributed by atoms with Crippen LogP contribution in [0.4, 0.5) is 5.69 Å². The van der Waals surface area contributed by atoms with Gasteiger partial charge in [0.25, 0.3) is 0 Å². The zero-order chi connectivity index (χ0) is 17.8. The second kappa shape index (κ2) is 9.11. The first-order valence-corrected chi connectivity index (χ1v) is 8.50. The fourth-order valence-corrected chi connectivity index (χ4v) is 2.99. The molecule has 0 bridgehead atoms. The maximum Gasteiger partial charge on any atom is 0.214 e. The number of guanidine groups is 1. The summed E-state index contributed by atoms with van der Waals surface area (Å²) < 4.78 is 5.60. The summed E-state index contributed by atoms with van der Waals surface area (Å²) in [7, 11) is 1.78. The van der Waals surface area contributed by atoms with E-state index in [-0.39, 0.29) is 24.0 Å². The number of anilines is 1. The van der Waals surface area contributed by atoms with E-state index in [2.05, 4.69) is 25.1 Å². The van der Waals surface area contributed by atoms with Gasteiger partial charge in [0.05, 0.1) is 17.9 Å². The first kappa shape index (κ1) is 20.3. The third-order valence-corrected chi connectivity index (χ3v) is 4.48. The largest absolute Gasteiger partial charge is 0.506 e. The van der Waals surface area contributed by atoms with Crippen LogP contribution in [-0.2, 0) is 6.54 Å². The van der Waals surface area contributed by atoms with Crippen LogP contribution in [0.25, 0.3) is 0 Å². The first-order chi connectivity index (χ1) is 12.1. The van der Waals surface area contributed by atoms with Crippen molar-refractivity contribution < 1.29 is 9.52 Å². The van der Waals surface area contributed by atoms with Gasteiger partial charge in [-0.25, -0.2) is 4.98 Å². The van der Waals surface area contributed by atoms with Gasteiger partial charge in [-0.3, -0.25) is 4.99 Å². The second-order valence-electron chi connectivity index (χ2n) is 6.11. The Hall–Kier alpha value is -1.97. The van der Waals surface area contributed by atoms with Gasteiger partial charge in [0, 0.05) is 33.2 Å². The lowest BCUT2D eigenvalue weighted by molar-refractivity contribution is 0.366. The maximum atomic E-state index is 10.0. The van der Waals surface area contributed by atoms with Crippen molar-refractivity contribution in [3.63, 3.8) is 0 Å². The summed E-state index contributed by atoms with van der Waals surface area (Å²) in [5, 5.41) is 13.3. The van der Waals surface area contributed by atoms with Gasteiger partial charge >= 0.3 is 0 Å². The Bertz CT molecular complexity index is 734. The van der Waals surface area contributed by atoms with Gasteiger partial charge < -0.3 is 24.6 Å². The topological polar surface area (TPSA) is 77.1 Å². The fraction of sp³-hybridized carbons (Fsp3) is 0.444. The molecule has 1 aromatic carbocycles. The van der Waals surface area contributed by atoms with Gasteiger partial charge in [0.15, 0.2) is 5.96 Å². The Balaban J connectivity index is 0.00000243. The van der Waals surface area contributed by atoms with Crippen LogP contribution < -0.4 is 10.2 Å². The second-order valence-corrected chi connectivity index (χ2v) is 6.11. The van der Waals surface area contributed by atoms with Crippen LogP contribution in [-0.4, -0.2) is 54.2 Å². The summed E-state index contributed by atoms with van der Waals surface area (Å²) in [6, 6.07) is 7.46. The molecule has 3 rings (SSSR count). The highest BCUT2D eigenvalue weighted by Crippen LogP contribution is 2.27. The molecule has 1 aromatic heterocycles. The average molecular weight is 471 g/mol. The Morgan fingerprint density at radius 1 is 1.23 bits per heavy atom. The molecule has 0 amide bonds. The third kappa shape index (κ3) is 4.60. The van der Waals surface area contributed by atoms with E-state index in [9.17, 15) is 5.11 Å². The van der Waals surface area contributed by atoms with E-state index in [1.54, 1.807) is 13.1 Å². The highest BCUT2D eigenvalue weighted by atomic mass is 127. The molecule has 0 spiro atoms. The van der Waals surface area contributed by atoms with Crippen LogP contribution in [0.5, 0.6) is 5.75 Å². The van der Waals surface area contributed by atoms with Crippen LogP contribution >= 0.6 is 24.0 Å². The molecule has 0 unspecified atom stereocenters. The summed E-state index contributed by atoms with van der Waals surface area (Å²) in [5.74, 6) is 2.69. The predicted octanol–water partition coefficient (Wildman–Crippen LogP) is 2.51. The molecule has 7 nitrogen and oxygen atoms in total. The lowest BCUT2D eigenvalue weighted by Crippen LogP contribution is -2.52. The summed E-state index contributed by atoms with van der Waals surface area (Å²) in [4.78, 5) is 13.2. The number of aromatic hydroxyl groups is 1. The number of hydrogen-bond donors (Lipinski definition) is 2. The minimum atomic E-state index is 0. The molecular weight excluding hydrogens is 445 g/mol. The molecule has 1 aliphatic rings. The van der Waals surface area contributed by atoms with E-state index in [0.29, 0.717) is 18.2 Å². The number of phenolic OH excluding ortho intramolecular Hbond substituents is 1. The monoisotopic (exact) mass is 471 g/mol. The van der Waals surface area contributed by atoms with E-state index in [1.807, 2.05) is 32.0 Å². The van der Waals surface area contributed by atoms with E-state index >= 15 is 0 Å². The molecule has 0 aliphatic carbocycles. The molecule has 26 heavy (non-hydrogen) atoms. The first-order valence-electron chi connectivity index (χ1n) is 8.50. The number of halogens is 1. The van der Waals surface area contributed by atoms with Gasteiger partial charge in [0.2, 0.25) is 5.89 Å². The van der Waals surface area contributed by atoms with Gasteiger partial charge in [0.1, 0.15) is 11.5 Å². The molecular formula is C18H26IN5O2. The molecule has 0 atom stereocenters. The van der Waals surface area contributed by atoms with Gasteiger partial charge in [-0.15, -0.1) is 24.0 Å². The Kier molecular flexibility index (Phi) is 7.13. The summed E-state index contributed by atoms with van der Waals surface area (Å²) in [6.07, 6.45) is 0. The maximum absolute atomic E-state index is 10.0. The van der Waals surface area contributed by atoms with Crippen LogP contribution in [0.1, 0.15) is 17.3 Å². The predicted molar refractivity (Wildman–Crippen MR) is 113 cm³/mol. The van der Waals surface area contributed by atoms with Crippen LogP contribution in [0.15, 0.2) is 33.7 Å². The van der Waals surface area contributed by atoms with Crippen molar-refractivity contribution in [3.8, 4) is 5.75 Å². The van der Waals surface area contributed by atoms with Crippen molar-refractivity contribution in [3.05, 3.63) is 41.6 Å². The van der Waals surface area contributed by atoms with Crippen molar-refractivity contribution in [2.45, 2.75) is 20.4 Å². The summed E-state index contributed by atoms with van der Waals surface area (Å²) in [5.41, 5.74) is 1.80. The van der Waals surface area contributed by atoms with Crippen molar-refractivity contribution in [2.24, 2.45) is 4.99 Å². The number of nitrogens with one attached hydrogen (secondary N) is 1. The summed E-state index contributed by atoms with van der Waals surface area (Å²) >= 11 is 0. The van der Waals surface area contributed by atoms with Crippen LogP contribution in [0.2, 0.25) is 0 Å². The molecule has 0 saturated carbocycles. The number of para-hydroxylation sites is 2. The van der Waals surface area contributed by atoms with Gasteiger partial charge in [-0.2, -0.15) is 0 Å².